The minimum Gasteiger partial charge on any atom is -0.494 e. The summed E-state index contributed by atoms with van der Waals surface area (Å²) in [7, 11) is 0. The molecule has 0 unspecified atom stereocenters. The zero-order chi connectivity index (χ0) is 13.4. The molecule has 0 saturated carbocycles. The molecule has 96 valence electrons. The van der Waals surface area contributed by atoms with Gasteiger partial charge in [0.1, 0.15) is 11.6 Å². The number of rotatable bonds is 2. The summed E-state index contributed by atoms with van der Waals surface area (Å²) in [4.78, 5) is 6.79. The lowest BCUT2D eigenvalue weighted by Gasteiger charge is -1.91. The van der Waals surface area contributed by atoms with Crippen molar-refractivity contribution < 1.29 is 14.0 Å². The van der Waals surface area contributed by atoms with Crippen molar-refractivity contribution >= 4 is 22.9 Å². The number of hydrogen-bond donors (Lipinski definition) is 2. The molecule has 5 nitrogen and oxygen atoms in total. The largest absolute Gasteiger partial charge is 0.494 e. The first-order chi connectivity index (χ1) is 9.13. The number of benzene rings is 1. The van der Waals surface area contributed by atoms with Crippen LogP contribution in [-0.4, -0.2) is 21.5 Å². The molecule has 0 aliphatic carbocycles. The molecule has 0 spiro atoms. The van der Waals surface area contributed by atoms with Gasteiger partial charge in [-0.25, -0.2) is 9.38 Å². The molecule has 0 saturated heterocycles. The minimum absolute atomic E-state index is 0.0652. The molecular formula is C13H10FN3O2. The summed E-state index contributed by atoms with van der Waals surface area (Å²) in [6.45, 7) is 1.76. The van der Waals surface area contributed by atoms with Crippen LogP contribution in [-0.2, 0) is 0 Å². The number of aryl methyl sites for hydroxylation is 1. The molecule has 2 aromatic heterocycles. The van der Waals surface area contributed by atoms with E-state index in [1.54, 1.807) is 19.1 Å². The third-order valence-corrected chi connectivity index (χ3v) is 2.72. The van der Waals surface area contributed by atoms with Crippen LogP contribution >= 0.6 is 0 Å². The quantitative estimate of drug-likeness (QED) is 0.694. The van der Waals surface area contributed by atoms with E-state index in [1.165, 1.54) is 18.3 Å². The van der Waals surface area contributed by atoms with Gasteiger partial charge in [0.05, 0.1) is 11.1 Å². The number of aliphatic imine (C=N–C) groups is 1. The Kier molecular flexibility index (Phi) is 2.56. The average Bonchev–Trinajstić information content (AvgIpc) is 2.89. The van der Waals surface area contributed by atoms with Gasteiger partial charge < -0.3 is 14.6 Å². The summed E-state index contributed by atoms with van der Waals surface area (Å²) >= 11 is 0. The van der Waals surface area contributed by atoms with Gasteiger partial charge in [0.15, 0.2) is 11.7 Å². The number of H-pyrrole nitrogens is 1. The molecule has 0 bridgehead atoms. The van der Waals surface area contributed by atoms with E-state index >= 15 is 0 Å². The first kappa shape index (κ1) is 11.5. The van der Waals surface area contributed by atoms with Gasteiger partial charge >= 0.3 is 0 Å². The highest BCUT2D eigenvalue weighted by molar-refractivity contribution is 6.02. The molecule has 1 aromatic carbocycles. The lowest BCUT2D eigenvalue weighted by Crippen LogP contribution is -1.79. The van der Waals surface area contributed by atoms with Crippen molar-refractivity contribution in [2.45, 2.75) is 6.92 Å². The molecule has 19 heavy (non-hydrogen) atoms. The van der Waals surface area contributed by atoms with Crippen molar-refractivity contribution in [2.24, 2.45) is 4.99 Å². The highest BCUT2D eigenvalue weighted by Crippen LogP contribution is 2.26. The SMILES string of the molecule is Cc1cc(N=Cc2c(O)[nH]c3cc(F)ccc23)no1. The van der Waals surface area contributed by atoms with Crippen LogP contribution in [0.3, 0.4) is 0 Å². The fraction of sp³-hybridized carbons (Fsp3) is 0.0769. The monoisotopic (exact) mass is 259 g/mol. The summed E-state index contributed by atoms with van der Waals surface area (Å²) in [6.07, 6.45) is 1.46. The third-order valence-electron chi connectivity index (χ3n) is 2.72. The average molecular weight is 259 g/mol. The molecule has 0 radical (unpaired) electrons. The first-order valence-electron chi connectivity index (χ1n) is 5.61. The Hall–Kier alpha value is -2.63. The predicted molar refractivity (Wildman–Crippen MR) is 68.4 cm³/mol. The molecule has 3 rings (SSSR count). The Labute approximate surface area is 107 Å². The van der Waals surface area contributed by atoms with Gasteiger partial charge in [-0.1, -0.05) is 5.16 Å². The van der Waals surface area contributed by atoms with E-state index in [0.717, 1.165) is 0 Å². The Morgan fingerprint density at radius 2 is 2.26 bits per heavy atom. The van der Waals surface area contributed by atoms with Crippen molar-refractivity contribution in [3.05, 3.63) is 41.4 Å². The second kappa shape index (κ2) is 4.24. The van der Waals surface area contributed by atoms with Gasteiger partial charge in [-0.3, -0.25) is 0 Å². The Morgan fingerprint density at radius 3 is 3.00 bits per heavy atom. The Bertz CT molecular complexity index is 773. The van der Waals surface area contributed by atoms with Crippen molar-refractivity contribution in [3.63, 3.8) is 0 Å². The fourth-order valence-electron chi connectivity index (χ4n) is 1.85. The van der Waals surface area contributed by atoms with Gasteiger partial charge in [-0.2, -0.15) is 0 Å². The summed E-state index contributed by atoms with van der Waals surface area (Å²) in [5, 5.41) is 14.2. The van der Waals surface area contributed by atoms with E-state index in [0.29, 0.717) is 28.0 Å². The number of aromatic nitrogens is 2. The second-order valence-corrected chi connectivity index (χ2v) is 4.13. The Morgan fingerprint density at radius 1 is 1.42 bits per heavy atom. The third kappa shape index (κ3) is 2.08. The van der Waals surface area contributed by atoms with E-state index in [9.17, 15) is 9.50 Å². The molecule has 0 aliphatic rings. The smallest absolute Gasteiger partial charge is 0.198 e. The topological polar surface area (TPSA) is 74.4 Å². The van der Waals surface area contributed by atoms with Crippen LogP contribution in [0, 0.1) is 12.7 Å². The number of aromatic hydroxyl groups is 1. The van der Waals surface area contributed by atoms with Gasteiger partial charge in [0.25, 0.3) is 0 Å². The number of nitrogens with one attached hydrogen (secondary N) is 1. The summed E-state index contributed by atoms with van der Waals surface area (Å²) in [5.74, 6) is 0.625. The predicted octanol–water partition coefficient (Wildman–Crippen LogP) is 3.06. The number of halogens is 1. The second-order valence-electron chi connectivity index (χ2n) is 4.13. The lowest BCUT2D eigenvalue weighted by atomic mass is 10.2. The van der Waals surface area contributed by atoms with Crippen LogP contribution in [0.1, 0.15) is 11.3 Å². The summed E-state index contributed by atoms with van der Waals surface area (Å²) < 4.78 is 18.0. The van der Waals surface area contributed by atoms with Crippen molar-refractivity contribution in [1.29, 1.82) is 0 Å². The van der Waals surface area contributed by atoms with Crippen molar-refractivity contribution in [1.82, 2.24) is 10.1 Å². The van der Waals surface area contributed by atoms with E-state index in [4.69, 9.17) is 4.52 Å². The lowest BCUT2D eigenvalue weighted by molar-refractivity contribution is 0.399. The Balaban J connectivity index is 2.05. The molecule has 0 amide bonds. The van der Waals surface area contributed by atoms with E-state index in [-0.39, 0.29) is 11.7 Å². The maximum absolute atomic E-state index is 13.1. The van der Waals surface area contributed by atoms with Gasteiger partial charge in [-0.15, -0.1) is 0 Å². The van der Waals surface area contributed by atoms with Crippen molar-refractivity contribution in [2.75, 3.05) is 0 Å². The number of nitrogens with zero attached hydrogens (tertiary/aromatic N) is 2. The fourth-order valence-corrected chi connectivity index (χ4v) is 1.85. The standard InChI is InChI=1S/C13H10FN3O2/c1-7-4-12(17-19-7)15-6-10-9-3-2-8(14)5-11(9)16-13(10)18/h2-6,16,18H,1H3. The van der Waals surface area contributed by atoms with E-state index in [2.05, 4.69) is 15.1 Å². The number of fused-ring (bicyclic) bond motifs is 1. The van der Waals surface area contributed by atoms with Crippen molar-refractivity contribution in [3.8, 4) is 5.88 Å². The van der Waals surface area contributed by atoms with Gasteiger partial charge in [0, 0.05) is 17.7 Å². The molecule has 0 aliphatic heterocycles. The van der Waals surface area contributed by atoms with Gasteiger partial charge in [0.2, 0.25) is 0 Å². The van der Waals surface area contributed by atoms with Crippen LogP contribution in [0.2, 0.25) is 0 Å². The zero-order valence-electron chi connectivity index (χ0n) is 10.0. The summed E-state index contributed by atoms with van der Waals surface area (Å²) in [6, 6.07) is 5.89. The first-order valence-corrected chi connectivity index (χ1v) is 5.61. The normalized spacial score (nSPS) is 11.7. The molecular weight excluding hydrogens is 249 g/mol. The van der Waals surface area contributed by atoms with Gasteiger partial charge in [-0.05, 0) is 25.1 Å². The van der Waals surface area contributed by atoms with E-state index in [1.807, 2.05) is 0 Å². The van der Waals surface area contributed by atoms with Crippen LogP contribution in [0.5, 0.6) is 5.88 Å². The highest BCUT2D eigenvalue weighted by Gasteiger charge is 2.09. The van der Waals surface area contributed by atoms with Crippen LogP contribution in [0.4, 0.5) is 10.2 Å². The highest BCUT2D eigenvalue weighted by atomic mass is 19.1. The van der Waals surface area contributed by atoms with Crippen LogP contribution in [0.25, 0.3) is 10.9 Å². The molecule has 0 atom stereocenters. The molecule has 2 heterocycles. The summed E-state index contributed by atoms with van der Waals surface area (Å²) in [5.41, 5.74) is 0.992. The zero-order valence-corrected chi connectivity index (χ0v) is 10.0. The number of hydrogen-bond acceptors (Lipinski definition) is 4. The maximum Gasteiger partial charge on any atom is 0.198 e. The van der Waals surface area contributed by atoms with E-state index < -0.39 is 0 Å². The van der Waals surface area contributed by atoms with Crippen LogP contribution < -0.4 is 0 Å². The molecule has 6 heteroatoms. The number of aromatic amines is 1. The minimum atomic E-state index is -0.371. The van der Waals surface area contributed by atoms with Crippen LogP contribution in [0.15, 0.2) is 33.8 Å². The molecule has 0 fully saturated rings. The molecule has 3 aromatic rings. The maximum atomic E-state index is 13.1. The molecule has 2 N–H and O–H groups in total.